The van der Waals surface area contributed by atoms with E-state index in [0.717, 1.165) is 12.8 Å². The molecule has 0 aliphatic carbocycles. The lowest BCUT2D eigenvalue weighted by Gasteiger charge is -2.24. The highest BCUT2D eigenvalue weighted by atomic mass is 16.6. The molecule has 5 nitrogen and oxygen atoms in total. The fourth-order valence-corrected chi connectivity index (χ4v) is 3.42. The van der Waals surface area contributed by atoms with Crippen molar-refractivity contribution >= 4 is 0 Å². The lowest BCUT2D eigenvalue weighted by Crippen LogP contribution is -2.42. The molecule has 1 heterocycles. The second kappa shape index (κ2) is 16.5. The van der Waals surface area contributed by atoms with Crippen LogP contribution in [0.3, 0.4) is 0 Å². The van der Waals surface area contributed by atoms with Crippen molar-refractivity contribution in [3.8, 4) is 0 Å². The van der Waals surface area contributed by atoms with Crippen LogP contribution in [0.4, 0.5) is 0 Å². The fraction of sp³-hybridized carbons (Fsp3) is 0.909. The summed E-state index contributed by atoms with van der Waals surface area (Å²) in [6.45, 7) is 2.68. The number of aliphatic hydroxyl groups excluding tert-OH is 3. The molecule has 5 heteroatoms. The van der Waals surface area contributed by atoms with Crippen LogP contribution in [0.2, 0.25) is 0 Å². The SMILES string of the molecule is CCCC/C=C/CCCCCCCCCCO[C@@H](CO)[C@H]1OC[C@@H](O)[C@H]1O. The van der Waals surface area contributed by atoms with Crippen LogP contribution in [-0.2, 0) is 9.47 Å². The molecule has 0 unspecified atom stereocenters. The van der Waals surface area contributed by atoms with E-state index in [0.29, 0.717) is 6.61 Å². The molecule has 27 heavy (non-hydrogen) atoms. The lowest BCUT2D eigenvalue weighted by atomic mass is 10.1. The van der Waals surface area contributed by atoms with Crippen molar-refractivity contribution in [3.05, 3.63) is 12.2 Å². The van der Waals surface area contributed by atoms with E-state index in [4.69, 9.17) is 9.47 Å². The molecule has 0 radical (unpaired) electrons. The lowest BCUT2D eigenvalue weighted by molar-refractivity contribution is -0.101. The van der Waals surface area contributed by atoms with Crippen LogP contribution < -0.4 is 0 Å². The highest BCUT2D eigenvalue weighted by Gasteiger charge is 2.40. The van der Waals surface area contributed by atoms with Crippen LogP contribution in [0.5, 0.6) is 0 Å². The Bertz CT molecular complexity index is 361. The summed E-state index contributed by atoms with van der Waals surface area (Å²) < 4.78 is 11.0. The molecule has 1 fully saturated rings. The van der Waals surface area contributed by atoms with Crippen molar-refractivity contribution in [2.75, 3.05) is 19.8 Å². The zero-order valence-corrected chi connectivity index (χ0v) is 17.2. The molecule has 0 aromatic rings. The van der Waals surface area contributed by atoms with Gasteiger partial charge in [-0.2, -0.15) is 0 Å². The first kappa shape index (κ1) is 24.6. The van der Waals surface area contributed by atoms with E-state index in [1.165, 1.54) is 64.2 Å². The minimum atomic E-state index is -0.978. The van der Waals surface area contributed by atoms with Crippen LogP contribution in [0.1, 0.15) is 84.0 Å². The van der Waals surface area contributed by atoms with Gasteiger partial charge < -0.3 is 24.8 Å². The minimum Gasteiger partial charge on any atom is -0.394 e. The predicted molar refractivity (Wildman–Crippen MR) is 109 cm³/mol. The Labute approximate surface area is 165 Å². The summed E-state index contributed by atoms with van der Waals surface area (Å²) in [4.78, 5) is 0. The Hall–Kier alpha value is -0.460. The summed E-state index contributed by atoms with van der Waals surface area (Å²) in [5, 5.41) is 28.7. The molecule has 0 aromatic carbocycles. The Morgan fingerprint density at radius 3 is 2.07 bits per heavy atom. The molecule has 0 aromatic heterocycles. The van der Waals surface area contributed by atoms with E-state index in [1.54, 1.807) is 0 Å². The molecule has 160 valence electrons. The molecule has 1 saturated heterocycles. The molecule has 1 aliphatic rings. The maximum absolute atomic E-state index is 9.81. The summed E-state index contributed by atoms with van der Waals surface area (Å²) in [5.74, 6) is 0. The Morgan fingerprint density at radius 2 is 1.52 bits per heavy atom. The number of ether oxygens (including phenoxy) is 2. The van der Waals surface area contributed by atoms with Crippen molar-refractivity contribution < 1.29 is 24.8 Å². The predicted octanol–water partition coefficient (Wildman–Crippen LogP) is 3.74. The number of aliphatic hydroxyl groups is 3. The normalized spacial score (nSPS) is 24.1. The van der Waals surface area contributed by atoms with Crippen LogP contribution in [0, 0.1) is 0 Å². The third kappa shape index (κ3) is 11.2. The van der Waals surface area contributed by atoms with E-state index in [1.807, 2.05) is 0 Å². The number of hydrogen-bond donors (Lipinski definition) is 3. The van der Waals surface area contributed by atoms with Crippen LogP contribution in [0.15, 0.2) is 12.2 Å². The highest BCUT2D eigenvalue weighted by Crippen LogP contribution is 2.20. The van der Waals surface area contributed by atoms with Crippen molar-refractivity contribution in [2.45, 2.75) is 108 Å². The van der Waals surface area contributed by atoms with E-state index >= 15 is 0 Å². The Morgan fingerprint density at radius 1 is 0.926 bits per heavy atom. The number of allylic oxidation sites excluding steroid dienone is 2. The van der Waals surface area contributed by atoms with Gasteiger partial charge in [0.2, 0.25) is 0 Å². The monoisotopic (exact) mass is 386 g/mol. The van der Waals surface area contributed by atoms with Gasteiger partial charge >= 0.3 is 0 Å². The average Bonchev–Trinajstić information content (AvgIpc) is 3.00. The summed E-state index contributed by atoms with van der Waals surface area (Å²) >= 11 is 0. The summed E-state index contributed by atoms with van der Waals surface area (Å²) in [6, 6.07) is 0. The topological polar surface area (TPSA) is 79.2 Å². The second-order valence-electron chi connectivity index (χ2n) is 7.68. The van der Waals surface area contributed by atoms with Crippen molar-refractivity contribution in [2.24, 2.45) is 0 Å². The van der Waals surface area contributed by atoms with Gasteiger partial charge in [0.05, 0.1) is 13.2 Å². The smallest absolute Gasteiger partial charge is 0.114 e. The van der Waals surface area contributed by atoms with Gasteiger partial charge in [0, 0.05) is 6.61 Å². The number of rotatable bonds is 17. The first-order chi connectivity index (χ1) is 13.2. The molecule has 3 N–H and O–H groups in total. The van der Waals surface area contributed by atoms with Gasteiger partial charge in [-0.15, -0.1) is 0 Å². The molecular weight excluding hydrogens is 344 g/mol. The van der Waals surface area contributed by atoms with Crippen molar-refractivity contribution in [1.29, 1.82) is 0 Å². The zero-order valence-electron chi connectivity index (χ0n) is 17.2. The Balaban J connectivity index is 1.88. The largest absolute Gasteiger partial charge is 0.394 e. The van der Waals surface area contributed by atoms with Gasteiger partial charge in [0.15, 0.2) is 0 Å². The summed E-state index contributed by atoms with van der Waals surface area (Å²) in [7, 11) is 0. The number of unbranched alkanes of at least 4 members (excludes halogenated alkanes) is 10. The van der Waals surface area contributed by atoms with Gasteiger partial charge in [-0.05, 0) is 25.7 Å². The van der Waals surface area contributed by atoms with Crippen LogP contribution in [0.25, 0.3) is 0 Å². The minimum absolute atomic E-state index is 0.0981. The highest BCUT2D eigenvalue weighted by molar-refractivity contribution is 4.88. The average molecular weight is 387 g/mol. The molecule has 1 aliphatic heterocycles. The van der Waals surface area contributed by atoms with Crippen LogP contribution in [-0.4, -0.2) is 59.6 Å². The van der Waals surface area contributed by atoms with E-state index < -0.39 is 24.4 Å². The molecule has 4 atom stereocenters. The first-order valence-electron chi connectivity index (χ1n) is 11.1. The fourth-order valence-electron chi connectivity index (χ4n) is 3.42. The third-order valence-corrected chi connectivity index (χ3v) is 5.22. The first-order valence-corrected chi connectivity index (χ1v) is 11.1. The van der Waals surface area contributed by atoms with E-state index in [9.17, 15) is 15.3 Å². The molecule has 0 amide bonds. The maximum atomic E-state index is 9.81. The van der Waals surface area contributed by atoms with E-state index in [-0.39, 0.29) is 13.2 Å². The summed E-state index contributed by atoms with van der Waals surface area (Å²) in [5.41, 5.74) is 0. The van der Waals surface area contributed by atoms with Gasteiger partial charge in [-0.3, -0.25) is 0 Å². The van der Waals surface area contributed by atoms with E-state index in [2.05, 4.69) is 19.1 Å². The van der Waals surface area contributed by atoms with Crippen molar-refractivity contribution in [3.63, 3.8) is 0 Å². The molecule has 1 rings (SSSR count). The third-order valence-electron chi connectivity index (χ3n) is 5.22. The molecular formula is C22H42O5. The van der Waals surface area contributed by atoms with Crippen LogP contribution >= 0.6 is 0 Å². The van der Waals surface area contributed by atoms with Gasteiger partial charge in [-0.1, -0.05) is 70.4 Å². The number of hydrogen-bond acceptors (Lipinski definition) is 5. The Kier molecular flexibility index (Phi) is 15.0. The molecule has 0 bridgehead atoms. The molecule has 0 saturated carbocycles. The van der Waals surface area contributed by atoms with Gasteiger partial charge in [-0.25, -0.2) is 0 Å². The van der Waals surface area contributed by atoms with Gasteiger partial charge in [0.1, 0.15) is 24.4 Å². The van der Waals surface area contributed by atoms with Gasteiger partial charge in [0.25, 0.3) is 0 Å². The quantitative estimate of drug-likeness (QED) is 0.262. The standard InChI is InChI=1S/C22H42O5/c1-2-3-4-5-6-7-8-9-10-11-12-13-14-15-16-26-20(17-23)22-21(25)19(24)18-27-22/h5-6,19-25H,2-4,7-18H2,1H3/b6-5+/t19-,20+,21-,22-/m1/s1. The second-order valence-corrected chi connectivity index (χ2v) is 7.68. The van der Waals surface area contributed by atoms with Crippen molar-refractivity contribution in [1.82, 2.24) is 0 Å². The maximum Gasteiger partial charge on any atom is 0.114 e. The zero-order chi connectivity index (χ0) is 19.7. The molecule has 0 spiro atoms. The summed E-state index contributed by atoms with van der Waals surface area (Å²) in [6.07, 6.45) is 16.5.